The molecule has 1 saturated heterocycles. The van der Waals surface area contributed by atoms with Gasteiger partial charge in [0.15, 0.2) is 0 Å². The number of carbonyl (C=O) groups is 3. The molecule has 8 nitrogen and oxygen atoms in total. The minimum Gasteiger partial charge on any atom is -0.478 e. The van der Waals surface area contributed by atoms with Gasteiger partial charge in [-0.3, -0.25) is 4.79 Å². The second kappa shape index (κ2) is 13.3. The number of halogens is 1. The van der Waals surface area contributed by atoms with E-state index in [1.54, 1.807) is 0 Å². The van der Waals surface area contributed by atoms with Crippen molar-refractivity contribution >= 4 is 45.8 Å². The molecule has 1 aromatic heterocycles. The highest BCUT2D eigenvalue weighted by Crippen LogP contribution is 2.41. The fourth-order valence-electron chi connectivity index (χ4n) is 4.68. The number of hydrogen-bond donors (Lipinski definition) is 4. The monoisotopic (exact) mass is 536 g/mol. The Morgan fingerprint density at radius 1 is 1.12 bits per heavy atom. The molecule has 2 heterocycles. The van der Waals surface area contributed by atoms with Crippen LogP contribution in [-0.4, -0.2) is 52.3 Å². The van der Waals surface area contributed by atoms with E-state index in [1.165, 1.54) is 34.9 Å². The highest BCUT2D eigenvalue weighted by atomic mass is 79.9. The fourth-order valence-corrected chi connectivity index (χ4v) is 4.68. The molecule has 1 aromatic carbocycles. The van der Waals surface area contributed by atoms with Gasteiger partial charge in [0.1, 0.15) is 0 Å². The number of aromatic nitrogens is 1. The number of hydrogen-bond acceptors (Lipinski definition) is 5. The van der Waals surface area contributed by atoms with E-state index in [-0.39, 0.29) is 28.9 Å². The van der Waals surface area contributed by atoms with Crippen LogP contribution in [-0.2, 0) is 25.5 Å². The Hall–Kier alpha value is -2.65. The molecule has 1 aliphatic carbocycles. The zero-order chi connectivity index (χ0) is 23.8. The molecule has 1 unspecified atom stereocenters. The Labute approximate surface area is 209 Å². The van der Waals surface area contributed by atoms with Crippen molar-refractivity contribution in [2.75, 3.05) is 13.2 Å². The maximum absolute atomic E-state index is 12.5. The molecule has 3 atom stereocenters. The molecule has 9 heteroatoms. The number of rotatable bonds is 8. The van der Waals surface area contributed by atoms with Crippen LogP contribution in [0.1, 0.15) is 56.1 Å². The van der Waals surface area contributed by atoms with Gasteiger partial charge in [0.2, 0.25) is 0 Å². The molecule has 0 radical (unpaired) electrons. The average Bonchev–Trinajstić information content (AvgIpc) is 3.22. The first-order chi connectivity index (χ1) is 15.9. The first-order valence-electron chi connectivity index (χ1n) is 11.5. The number of ether oxygens (including phenoxy) is 1. The normalized spacial score (nSPS) is 20.6. The van der Waals surface area contributed by atoms with Crippen molar-refractivity contribution < 1.29 is 29.3 Å². The Kier molecular flexibility index (Phi) is 10.8. The number of carbonyl (C=O) groups excluding carboxylic acids is 1. The highest BCUT2D eigenvalue weighted by molar-refractivity contribution is 8.93. The topological polar surface area (TPSA) is 129 Å². The van der Waals surface area contributed by atoms with Crippen LogP contribution < -0.4 is 5.32 Å². The Bertz CT molecular complexity index is 1000. The van der Waals surface area contributed by atoms with E-state index in [0.717, 1.165) is 32.2 Å². The van der Waals surface area contributed by atoms with Crippen molar-refractivity contribution in [2.45, 2.75) is 57.4 Å². The van der Waals surface area contributed by atoms with Gasteiger partial charge in [-0.1, -0.05) is 38.3 Å². The van der Waals surface area contributed by atoms with E-state index in [0.29, 0.717) is 30.7 Å². The van der Waals surface area contributed by atoms with Crippen LogP contribution in [0.5, 0.6) is 0 Å². The maximum Gasteiger partial charge on any atom is 0.328 e. The van der Waals surface area contributed by atoms with Crippen LogP contribution in [0.25, 0.3) is 10.9 Å². The number of unbranched alkanes of at least 4 members (excludes halogenated alkanes) is 3. The maximum atomic E-state index is 12.5. The van der Waals surface area contributed by atoms with Crippen molar-refractivity contribution in [1.82, 2.24) is 10.3 Å². The van der Waals surface area contributed by atoms with Crippen LogP contribution in [0.4, 0.5) is 0 Å². The van der Waals surface area contributed by atoms with Crippen molar-refractivity contribution in [1.29, 1.82) is 0 Å². The smallest absolute Gasteiger partial charge is 0.328 e. The number of carboxylic acids is 2. The number of benzene rings is 1. The minimum atomic E-state index is -1.26. The van der Waals surface area contributed by atoms with E-state index in [9.17, 15) is 14.4 Å². The quantitative estimate of drug-likeness (QED) is 0.226. The minimum absolute atomic E-state index is 0. The van der Waals surface area contributed by atoms with Gasteiger partial charge >= 0.3 is 17.9 Å². The van der Waals surface area contributed by atoms with Gasteiger partial charge in [0.25, 0.3) is 0 Å². The van der Waals surface area contributed by atoms with E-state index >= 15 is 0 Å². The Balaban J connectivity index is 0.000000394. The molecule has 4 rings (SSSR count). The second-order valence-electron chi connectivity index (χ2n) is 8.58. The molecular formula is C25H33BrN2O6. The first kappa shape index (κ1) is 27.6. The molecule has 4 N–H and O–H groups in total. The Morgan fingerprint density at radius 2 is 1.85 bits per heavy atom. The lowest BCUT2D eigenvalue weighted by molar-refractivity contribution is -0.149. The average molecular weight is 537 g/mol. The molecule has 0 spiro atoms. The number of aliphatic carboxylic acids is 2. The number of esters is 1. The van der Waals surface area contributed by atoms with Crippen LogP contribution in [0.2, 0.25) is 0 Å². The summed E-state index contributed by atoms with van der Waals surface area (Å²) < 4.78 is 5.55. The molecule has 34 heavy (non-hydrogen) atoms. The molecule has 186 valence electrons. The van der Waals surface area contributed by atoms with Crippen molar-refractivity contribution in [3.05, 3.63) is 47.7 Å². The summed E-state index contributed by atoms with van der Waals surface area (Å²) in [5.74, 6) is -2.16. The van der Waals surface area contributed by atoms with Gasteiger partial charge in [0.05, 0.1) is 12.5 Å². The summed E-state index contributed by atoms with van der Waals surface area (Å²) >= 11 is 0. The molecule has 1 fully saturated rings. The number of piperidine rings is 1. The molecule has 1 aliphatic heterocycles. The van der Waals surface area contributed by atoms with E-state index < -0.39 is 11.9 Å². The van der Waals surface area contributed by atoms with Gasteiger partial charge < -0.3 is 25.3 Å². The van der Waals surface area contributed by atoms with Gasteiger partial charge in [-0.05, 0) is 36.5 Å². The van der Waals surface area contributed by atoms with Crippen molar-refractivity contribution in [3.63, 3.8) is 0 Å². The summed E-state index contributed by atoms with van der Waals surface area (Å²) in [6.07, 6.45) is 9.75. The van der Waals surface area contributed by atoms with E-state index in [2.05, 4.69) is 41.6 Å². The lowest BCUT2D eigenvalue weighted by Gasteiger charge is -2.39. The van der Waals surface area contributed by atoms with E-state index in [1.807, 2.05) is 0 Å². The lowest BCUT2D eigenvalue weighted by atomic mass is 9.73. The molecule has 0 amide bonds. The third-order valence-corrected chi connectivity index (χ3v) is 6.25. The third-order valence-electron chi connectivity index (χ3n) is 6.25. The standard InChI is InChI=1S/C21H28N2O2.C4H4O4.BrH/c1-2-3-4-5-9-25-21(24)15-10-17-16-7-6-8-18-20(16)14(12-22-18)11-19(17)23-13-15;5-3(6)1-2-4(7)8;/h6-8,12,15,17,19,22-23H,2-5,9-11,13H2,1H3;1-2H,(H,5,6)(H,7,8);1H/b;2-1-;/t15?,17-,19-;;/m1../s1. The summed E-state index contributed by atoms with van der Waals surface area (Å²) in [4.78, 5) is 35.0. The molecule has 2 aliphatic rings. The lowest BCUT2D eigenvalue weighted by Crippen LogP contribution is -2.48. The van der Waals surface area contributed by atoms with Gasteiger partial charge in [-0.2, -0.15) is 0 Å². The molecular weight excluding hydrogens is 504 g/mol. The number of H-pyrrole nitrogens is 1. The summed E-state index contributed by atoms with van der Waals surface area (Å²) in [5, 5.41) is 20.6. The number of nitrogens with one attached hydrogen (secondary N) is 2. The second-order valence-corrected chi connectivity index (χ2v) is 8.58. The van der Waals surface area contributed by atoms with Gasteiger partial charge in [-0.15, -0.1) is 17.0 Å². The molecule has 2 aromatic rings. The van der Waals surface area contributed by atoms with Crippen molar-refractivity contribution in [3.8, 4) is 0 Å². The zero-order valence-electron chi connectivity index (χ0n) is 19.3. The first-order valence-corrected chi connectivity index (χ1v) is 11.5. The predicted octanol–water partition coefficient (Wildman–Crippen LogP) is 4.20. The summed E-state index contributed by atoms with van der Waals surface area (Å²) in [6, 6.07) is 6.93. The van der Waals surface area contributed by atoms with Crippen molar-refractivity contribution in [2.24, 2.45) is 5.92 Å². The fraction of sp³-hybridized carbons (Fsp3) is 0.480. The molecule has 0 saturated carbocycles. The van der Waals surface area contributed by atoms with Crippen LogP contribution in [0.3, 0.4) is 0 Å². The largest absolute Gasteiger partial charge is 0.478 e. The van der Waals surface area contributed by atoms with Gasteiger partial charge in [0, 0.05) is 47.8 Å². The number of fused-ring (bicyclic) bond motifs is 2. The third kappa shape index (κ3) is 7.17. The molecule has 0 bridgehead atoms. The number of aromatic amines is 1. The van der Waals surface area contributed by atoms with Crippen LogP contribution in [0, 0.1) is 5.92 Å². The zero-order valence-corrected chi connectivity index (χ0v) is 21.0. The summed E-state index contributed by atoms with van der Waals surface area (Å²) in [5.41, 5.74) is 4.00. The van der Waals surface area contributed by atoms with E-state index in [4.69, 9.17) is 14.9 Å². The summed E-state index contributed by atoms with van der Waals surface area (Å²) in [7, 11) is 0. The number of carboxylic acid groups (broad SMARTS) is 2. The van der Waals surface area contributed by atoms with Crippen LogP contribution >= 0.6 is 17.0 Å². The highest BCUT2D eigenvalue weighted by Gasteiger charge is 2.38. The Morgan fingerprint density at radius 3 is 2.53 bits per heavy atom. The van der Waals surface area contributed by atoms with Gasteiger partial charge in [-0.25, -0.2) is 9.59 Å². The van der Waals surface area contributed by atoms with Crippen LogP contribution in [0.15, 0.2) is 36.5 Å². The summed E-state index contributed by atoms with van der Waals surface area (Å²) in [6.45, 7) is 3.50. The SMILES string of the molecule is Br.CCCCCCOC(=O)C1CN[C@@H]2Cc3c[nH]c4cccc(c34)[C@H]2C1.O=C(O)/C=C\C(=O)O. The predicted molar refractivity (Wildman–Crippen MR) is 134 cm³/mol.